The van der Waals surface area contributed by atoms with Gasteiger partial charge in [0.2, 0.25) is 0 Å². The molecule has 0 aliphatic carbocycles. The van der Waals surface area contributed by atoms with Crippen LogP contribution in [0.4, 0.5) is 0 Å². The average Bonchev–Trinajstić information content (AvgIpc) is 2.72. The molecule has 0 N–H and O–H groups in total. The Hall–Kier alpha value is -3.10. The van der Waals surface area contributed by atoms with E-state index < -0.39 is 0 Å². The first-order valence-electron chi connectivity index (χ1n) is 9.28. The van der Waals surface area contributed by atoms with Crippen molar-refractivity contribution in [1.29, 1.82) is 0 Å². The van der Waals surface area contributed by atoms with E-state index in [2.05, 4.69) is 121 Å². The Morgan fingerprint density at radius 3 is 2.15 bits per heavy atom. The molecule has 1 unspecified atom stereocenters. The van der Waals surface area contributed by atoms with Crippen molar-refractivity contribution in [1.82, 2.24) is 4.90 Å². The molecule has 0 saturated heterocycles. The number of fused-ring (bicyclic) bond motifs is 1. The molecule has 1 heterocycles. The van der Waals surface area contributed by atoms with Crippen LogP contribution in [0.2, 0.25) is 0 Å². The minimum atomic E-state index is 0.119. The van der Waals surface area contributed by atoms with Gasteiger partial charge in [0, 0.05) is 13.6 Å². The zero-order chi connectivity index (χ0) is 18.6. The monoisotopic (exact) mass is 352 g/mol. The number of rotatable bonds is 5. The van der Waals surface area contributed by atoms with E-state index in [1.807, 2.05) is 0 Å². The van der Waals surface area contributed by atoms with E-state index >= 15 is 0 Å². The van der Waals surface area contributed by atoms with Gasteiger partial charge in [0.25, 0.3) is 0 Å². The summed E-state index contributed by atoms with van der Waals surface area (Å²) in [4.78, 5) is 2.39. The van der Waals surface area contributed by atoms with Crippen LogP contribution in [0.1, 0.15) is 22.9 Å². The van der Waals surface area contributed by atoms with Crippen LogP contribution in [0.15, 0.2) is 97.1 Å². The quantitative estimate of drug-likeness (QED) is 0.363. The van der Waals surface area contributed by atoms with E-state index in [0.717, 1.165) is 12.1 Å². The van der Waals surface area contributed by atoms with E-state index in [4.69, 9.17) is 0 Å². The highest BCUT2D eigenvalue weighted by molar-refractivity contribution is 5.75. The highest BCUT2D eigenvalue weighted by Gasteiger charge is 2.22. The smallest absolute Gasteiger partial charge is 0.112 e. The van der Waals surface area contributed by atoms with Gasteiger partial charge < -0.3 is 4.57 Å². The van der Waals surface area contributed by atoms with Gasteiger partial charge in [0.1, 0.15) is 11.2 Å². The Bertz CT molecular complexity index is 1030. The van der Waals surface area contributed by atoms with Crippen LogP contribution in [0.3, 0.4) is 0 Å². The second-order valence-electron chi connectivity index (χ2n) is 6.96. The van der Waals surface area contributed by atoms with Gasteiger partial charge in [-0.3, -0.25) is 4.90 Å². The lowest BCUT2D eigenvalue weighted by Crippen LogP contribution is -2.39. The summed E-state index contributed by atoms with van der Waals surface area (Å²) < 4.78 is 2.08. The van der Waals surface area contributed by atoms with Crippen LogP contribution in [0, 0.1) is 7.05 Å². The van der Waals surface area contributed by atoms with Crippen LogP contribution in [-0.4, -0.2) is 11.9 Å². The standard InChI is InChI=1S/C25H24N2/c1-26(19-20-11-5-3-6-12-20)25(22-14-7-4-8-15-22)24-18-17-21-13-9-10-16-23(21)27(24)2/h3-18,25H,2,19H2,1H3. The fourth-order valence-corrected chi connectivity index (χ4v) is 3.77. The molecule has 3 aromatic carbocycles. The molecule has 0 amide bonds. The number of pyridine rings is 1. The van der Waals surface area contributed by atoms with Crippen molar-refractivity contribution < 1.29 is 4.57 Å². The summed E-state index contributed by atoms with van der Waals surface area (Å²) in [6, 6.07) is 34.2. The molecular weight excluding hydrogens is 328 g/mol. The number of hydrogen-bond acceptors (Lipinski definition) is 1. The number of benzene rings is 3. The summed E-state index contributed by atoms with van der Waals surface area (Å²) in [5.41, 5.74) is 4.89. The summed E-state index contributed by atoms with van der Waals surface area (Å²) in [5, 5.41) is 1.20. The number of hydrogen-bond donors (Lipinski definition) is 0. The van der Waals surface area contributed by atoms with Crippen molar-refractivity contribution in [3.8, 4) is 0 Å². The lowest BCUT2D eigenvalue weighted by Gasteiger charge is -2.30. The molecule has 134 valence electrons. The predicted molar refractivity (Wildman–Crippen MR) is 111 cm³/mol. The van der Waals surface area contributed by atoms with Crippen molar-refractivity contribution >= 4 is 10.9 Å². The van der Waals surface area contributed by atoms with Crippen molar-refractivity contribution in [2.45, 2.75) is 12.6 Å². The Balaban J connectivity index is 1.80. The summed E-state index contributed by atoms with van der Waals surface area (Å²) in [7, 11) is 6.55. The predicted octanol–water partition coefficient (Wildman–Crippen LogP) is 4.99. The van der Waals surface area contributed by atoms with E-state index in [-0.39, 0.29) is 6.04 Å². The number of para-hydroxylation sites is 1. The van der Waals surface area contributed by atoms with Gasteiger partial charge in [-0.15, -0.1) is 0 Å². The molecule has 4 rings (SSSR count). The zero-order valence-electron chi connectivity index (χ0n) is 15.6. The molecule has 0 spiro atoms. The van der Waals surface area contributed by atoms with Crippen molar-refractivity contribution in [2.75, 3.05) is 7.05 Å². The molecule has 2 heteroatoms. The Morgan fingerprint density at radius 1 is 0.778 bits per heavy atom. The Morgan fingerprint density at radius 2 is 1.41 bits per heavy atom. The highest BCUT2D eigenvalue weighted by atomic mass is 15.2. The van der Waals surface area contributed by atoms with Gasteiger partial charge in [0.15, 0.2) is 0 Å². The van der Waals surface area contributed by atoms with Gasteiger partial charge in [-0.25, -0.2) is 0 Å². The number of nitrogens with zero attached hydrogens (tertiary/aromatic N) is 2. The molecule has 0 fully saturated rings. The zero-order valence-corrected chi connectivity index (χ0v) is 15.6. The fourth-order valence-electron chi connectivity index (χ4n) is 3.77. The Labute approximate surface area is 161 Å². The molecule has 27 heavy (non-hydrogen) atoms. The first-order chi connectivity index (χ1) is 13.2. The second kappa shape index (κ2) is 7.65. The fraction of sp³-hybridized carbons (Fsp3) is 0.120. The van der Waals surface area contributed by atoms with Crippen LogP contribution in [0.25, 0.3) is 10.9 Å². The maximum absolute atomic E-state index is 4.37. The van der Waals surface area contributed by atoms with Crippen LogP contribution in [-0.2, 0) is 6.54 Å². The van der Waals surface area contributed by atoms with E-state index in [9.17, 15) is 0 Å². The SMILES string of the molecule is [CH2-][n+]1c(C(c2ccccc2)N(C)Cc2ccccc2)ccc2ccccc21. The largest absolute Gasteiger partial charge is 0.329 e. The van der Waals surface area contributed by atoms with Crippen LogP contribution < -0.4 is 4.57 Å². The summed E-state index contributed by atoms with van der Waals surface area (Å²) in [5.74, 6) is 0. The lowest BCUT2D eigenvalue weighted by molar-refractivity contribution is -0.595. The summed E-state index contributed by atoms with van der Waals surface area (Å²) in [6.07, 6.45) is 0. The van der Waals surface area contributed by atoms with E-state index in [0.29, 0.717) is 0 Å². The molecule has 0 saturated carbocycles. The number of aromatic nitrogens is 1. The highest BCUT2D eigenvalue weighted by Crippen LogP contribution is 2.28. The lowest BCUT2D eigenvalue weighted by atomic mass is 9.99. The van der Waals surface area contributed by atoms with Crippen molar-refractivity contribution in [3.05, 3.63) is 121 Å². The van der Waals surface area contributed by atoms with Gasteiger partial charge in [-0.2, -0.15) is 0 Å². The van der Waals surface area contributed by atoms with Gasteiger partial charge in [0.05, 0.1) is 6.04 Å². The van der Waals surface area contributed by atoms with Crippen molar-refractivity contribution in [3.63, 3.8) is 0 Å². The first-order valence-corrected chi connectivity index (χ1v) is 9.28. The third-order valence-corrected chi connectivity index (χ3v) is 5.08. The molecule has 4 aromatic rings. The van der Waals surface area contributed by atoms with Crippen LogP contribution >= 0.6 is 0 Å². The van der Waals surface area contributed by atoms with Gasteiger partial charge >= 0.3 is 0 Å². The molecule has 0 aliphatic heterocycles. The molecule has 0 aliphatic rings. The topological polar surface area (TPSA) is 7.12 Å². The van der Waals surface area contributed by atoms with Gasteiger partial charge in [-0.1, -0.05) is 84.9 Å². The normalized spacial score (nSPS) is 12.4. The second-order valence-corrected chi connectivity index (χ2v) is 6.96. The first kappa shape index (κ1) is 17.3. The molecule has 0 bridgehead atoms. The molecule has 2 nitrogen and oxygen atoms in total. The average molecular weight is 352 g/mol. The molecule has 1 aromatic heterocycles. The third kappa shape index (κ3) is 3.57. The maximum Gasteiger partial charge on any atom is 0.112 e. The minimum Gasteiger partial charge on any atom is -0.329 e. The third-order valence-electron chi connectivity index (χ3n) is 5.08. The molecular formula is C25H24N2. The summed E-state index contributed by atoms with van der Waals surface area (Å²) in [6.45, 7) is 0.868. The molecule has 0 radical (unpaired) electrons. The maximum atomic E-state index is 4.37. The van der Waals surface area contributed by atoms with Crippen molar-refractivity contribution in [2.24, 2.45) is 0 Å². The minimum absolute atomic E-state index is 0.119. The summed E-state index contributed by atoms with van der Waals surface area (Å²) >= 11 is 0. The van der Waals surface area contributed by atoms with E-state index in [1.54, 1.807) is 0 Å². The van der Waals surface area contributed by atoms with Gasteiger partial charge in [-0.05, 0) is 35.7 Å². The van der Waals surface area contributed by atoms with E-state index in [1.165, 1.54) is 22.2 Å². The van der Waals surface area contributed by atoms with Crippen LogP contribution in [0.5, 0.6) is 0 Å². The molecule has 1 atom stereocenters. The Kier molecular flexibility index (Phi) is 4.91.